The van der Waals surface area contributed by atoms with Gasteiger partial charge in [0, 0.05) is 6.42 Å². The van der Waals surface area contributed by atoms with Gasteiger partial charge in [0.25, 0.3) is 0 Å². The second-order valence-electron chi connectivity index (χ2n) is 11.1. The first kappa shape index (κ1) is 24.1. The van der Waals surface area contributed by atoms with Crippen molar-refractivity contribution in [3.63, 3.8) is 0 Å². The molecule has 2 nitrogen and oxygen atoms in total. The van der Waals surface area contributed by atoms with E-state index in [2.05, 4.69) is 13.8 Å². The first-order chi connectivity index (χ1) is 14.7. The van der Waals surface area contributed by atoms with Crippen LogP contribution in [0.3, 0.4) is 0 Å². The van der Waals surface area contributed by atoms with Crippen LogP contribution in [0.1, 0.15) is 136 Å². The van der Waals surface area contributed by atoms with Gasteiger partial charge in [0.05, 0.1) is 0 Å². The molecule has 0 heterocycles. The second-order valence-corrected chi connectivity index (χ2v) is 11.1. The van der Waals surface area contributed by atoms with Crippen molar-refractivity contribution in [2.24, 2.45) is 29.6 Å². The van der Waals surface area contributed by atoms with Crippen LogP contribution in [0.25, 0.3) is 0 Å². The minimum Gasteiger partial charge on any atom is -0.462 e. The van der Waals surface area contributed by atoms with Crippen LogP contribution < -0.4 is 0 Å². The lowest BCUT2D eigenvalue weighted by Crippen LogP contribution is -2.32. The fourth-order valence-electron chi connectivity index (χ4n) is 7.00. The molecule has 0 bridgehead atoms. The molecule has 2 atom stereocenters. The second kappa shape index (κ2) is 13.1. The zero-order valence-corrected chi connectivity index (χ0v) is 20.2. The van der Waals surface area contributed by atoms with Crippen molar-refractivity contribution in [1.29, 1.82) is 0 Å². The molecule has 0 amide bonds. The summed E-state index contributed by atoms with van der Waals surface area (Å²) in [6.45, 7) is 4.46. The van der Waals surface area contributed by atoms with Crippen LogP contribution in [-0.4, -0.2) is 12.1 Å². The van der Waals surface area contributed by atoms with E-state index in [-0.39, 0.29) is 12.1 Å². The molecule has 3 saturated carbocycles. The Morgan fingerprint density at radius 3 is 1.93 bits per heavy atom. The summed E-state index contributed by atoms with van der Waals surface area (Å²) >= 11 is 0. The fourth-order valence-corrected chi connectivity index (χ4v) is 7.00. The third-order valence-electron chi connectivity index (χ3n) is 8.96. The number of unbranched alkanes of at least 4 members (excludes halogenated alkanes) is 3. The van der Waals surface area contributed by atoms with Gasteiger partial charge in [0.2, 0.25) is 0 Å². The van der Waals surface area contributed by atoms with Crippen LogP contribution in [0.2, 0.25) is 0 Å². The van der Waals surface area contributed by atoms with Crippen LogP contribution in [0.4, 0.5) is 0 Å². The van der Waals surface area contributed by atoms with Crippen molar-refractivity contribution in [3.8, 4) is 0 Å². The van der Waals surface area contributed by atoms with E-state index in [0.717, 1.165) is 55.3 Å². The Labute approximate surface area is 187 Å². The quantitative estimate of drug-likeness (QED) is 0.263. The fraction of sp³-hybridized carbons (Fsp3) is 0.964. The van der Waals surface area contributed by atoms with Crippen LogP contribution in [0.15, 0.2) is 0 Å². The Kier molecular flexibility index (Phi) is 10.5. The van der Waals surface area contributed by atoms with Gasteiger partial charge in [0.1, 0.15) is 6.10 Å². The number of hydrogen-bond acceptors (Lipinski definition) is 2. The molecule has 0 radical (unpaired) electrons. The molecule has 2 unspecified atom stereocenters. The smallest absolute Gasteiger partial charge is 0.306 e. The van der Waals surface area contributed by atoms with Crippen LogP contribution in [0.5, 0.6) is 0 Å². The molecule has 3 aliphatic carbocycles. The van der Waals surface area contributed by atoms with Gasteiger partial charge in [-0.1, -0.05) is 58.8 Å². The summed E-state index contributed by atoms with van der Waals surface area (Å²) in [4.78, 5) is 12.0. The lowest BCUT2D eigenvalue weighted by atomic mass is 9.65. The number of rotatable bonds is 10. The monoisotopic (exact) mass is 418 g/mol. The maximum absolute atomic E-state index is 12.0. The number of carbonyl (C=O) groups is 1. The van der Waals surface area contributed by atoms with Gasteiger partial charge in [-0.05, 0) is 100 Å². The Balaban J connectivity index is 1.34. The molecular formula is C28H50O2. The van der Waals surface area contributed by atoms with Crippen LogP contribution >= 0.6 is 0 Å². The molecule has 3 aliphatic rings. The lowest BCUT2D eigenvalue weighted by molar-refractivity contribution is -0.152. The SMILES string of the molecule is CCCCCC1CCC(C2CCC(C3CCCC(OC(=O)CCCC)C3)CC2)CC1. The predicted octanol–water partition coefficient (Wildman–Crippen LogP) is 8.47. The highest BCUT2D eigenvalue weighted by atomic mass is 16.5. The van der Waals surface area contributed by atoms with E-state index in [1.54, 1.807) is 0 Å². The molecule has 30 heavy (non-hydrogen) atoms. The molecule has 0 N–H and O–H groups in total. The molecule has 0 saturated heterocycles. The number of carbonyl (C=O) groups excluding carboxylic acids is 1. The average Bonchev–Trinajstić information content (AvgIpc) is 2.79. The van der Waals surface area contributed by atoms with Crippen molar-refractivity contribution in [3.05, 3.63) is 0 Å². The summed E-state index contributed by atoms with van der Waals surface area (Å²) < 4.78 is 5.84. The van der Waals surface area contributed by atoms with Gasteiger partial charge in [-0.2, -0.15) is 0 Å². The van der Waals surface area contributed by atoms with E-state index in [1.165, 1.54) is 89.9 Å². The standard InChI is InChI=1S/C28H50O2/c1-3-5-7-9-22-13-15-23(16-14-22)24-17-19-25(20-18-24)26-10-8-11-27(21-26)30-28(29)12-6-4-2/h22-27H,3-21H2,1-2H3. The molecule has 0 spiro atoms. The lowest BCUT2D eigenvalue weighted by Gasteiger charge is -2.41. The van der Waals surface area contributed by atoms with Crippen molar-refractivity contribution in [2.45, 2.75) is 142 Å². The summed E-state index contributed by atoms with van der Waals surface area (Å²) in [5.41, 5.74) is 0. The highest BCUT2D eigenvalue weighted by molar-refractivity contribution is 5.69. The average molecular weight is 419 g/mol. The Morgan fingerprint density at radius 1 is 0.700 bits per heavy atom. The van der Waals surface area contributed by atoms with E-state index in [0.29, 0.717) is 6.42 Å². The molecule has 0 aliphatic heterocycles. The minimum absolute atomic E-state index is 0.0523. The summed E-state index contributed by atoms with van der Waals surface area (Å²) in [6, 6.07) is 0. The normalized spacial score (nSPS) is 35.1. The zero-order valence-electron chi connectivity index (χ0n) is 20.2. The number of esters is 1. The molecule has 0 aromatic carbocycles. The molecule has 3 rings (SSSR count). The Hall–Kier alpha value is -0.530. The molecule has 2 heteroatoms. The van der Waals surface area contributed by atoms with Gasteiger partial charge in [-0.3, -0.25) is 4.79 Å². The molecule has 0 aromatic heterocycles. The highest BCUT2D eigenvalue weighted by Gasteiger charge is 2.35. The maximum Gasteiger partial charge on any atom is 0.306 e. The Bertz CT molecular complexity index is 471. The minimum atomic E-state index is 0.0523. The summed E-state index contributed by atoms with van der Waals surface area (Å²) in [6.07, 6.45) is 25.5. The third kappa shape index (κ3) is 7.56. The first-order valence-electron chi connectivity index (χ1n) is 13.9. The molecular weight excluding hydrogens is 368 g/mol. The van der Waals surface area contributed by atoms with Gasteiger partial charge < -0.3 is 4.74 Å². The van der Waals surface area contributed by atoms with E-state index >= 15 is 0 Å². The first-order valence-corrected chi connectivity index (χ1v) is 13.9. The number of hydrogen-bond donors (Lipinski definition) is 0. The summed E-state index contributed by atoms with van der Waals surface area (Å²) in [7, 11) is 0. The van der Waals surface area contributed by atoms with E-state index in [4.69, 9.17) is 4.74 Å². The van der Waals surface area contributed by atoms with Crippen molar-refractivity contribution < 1.29 is 9.53 Å². The number of ether oxygens (including phenoxy) is 1. The highest BCUT2D eigenvalue weighted by Crippen LogP contribution is 2.46. The third-order valence-corrected chi connectivity index (χ3v) is 8.96. The maximum atomic E-state index is 12.0. The van der Waals surface area contributed by atoms with E-state index < -0.39 is 0 Å². The summed E-state index contributed by atoms with van der Waals surface area (Å²) in [5.74, 6) is 4.87. The van der Waals surface area contributed by atoms with Gasteiger partial charge in [-0.15, -0.1) is 0 Å². The molecule has 174 valence electrons. The van der Waals surface area contributed by atoms with Gasteiger partial charge >= 0.3 is 5.97 Å². The Morgan fingerprint density at radius 2 is 1.30 bits per heavy atom. The molecule has 3 fully saturated rings. The topological polar surface area (TPSA) is 26.3 Å². The van der Waals surface area contributed by atoms with Crippen molar-refractivity contribution in [1.82, 2.24) is 0 Å². The van der Waals surface area contributed by atoms with Crippen LogP contribution in [0, 0.1) is 29.6 Å². The molecule has 0 aromatic rings. The van der Waals surface area contributed by atoms with Gasteiger partial charge in [0.15, 0.2) is 0 Å². The van der Waals surface area contributed by atoms with E-state index in [1.807, 2.05) is 0 Å². The van der Waals surface area contributed by atoms with Gasteiger partial charge in [-0.25, -0.2) is 0 Å². The van der Waals surface area contributed by atoms with Crippen LogP contribution in [-0.2, 0) is 9.53 Å². The summed E-state index contributed by atoms with van der Waals surface area (Å²) in [5, 5.41) is 0. The zero-order chi connectivity index (χ0) is 21.2. The largest absolute Gasteiger partial charge is 0.462 e. The predicted molar refractivity (Wildman–Crippen MR) is 126 cm³/mol. The van der Waals surface area contributed by atoms with Crippen molar-refractivity contribution in [2.75, 3.05) is 0 Å². The van der Waals surface area contributed by atoms with E-state index in [9.17, 15) is 4.79 Å². The van der Waals surface area contributed by atoms with Crippen molar-refractivity contribution >= 4 is 5.97 Å².